The average Bonchev–Trinajstić information content (AvgIpc) is 2.59. The predicted molar refractivity (Wildman–Crippen MR) is 100 cm³/mol. The first-order valence-corrected chi connectivity index (χ1v) is 11.0. The number of hydrogen-bond acceptors (Lipinski definition) is 4. The van der Waals surface area contributed by atoms with Gasteiger partial charge >= 0.3 is 0 Å². The maximum atomic E-state index is 12.7. The van der Waals surface area contributed by atoms with Crippen LogP contribution in [0.3, 0.4) is 0 Å². The number of rotatable bonds is 5. The van der Waals surface area contributed by atoms with E-state index in [0.717, 1.165) is 41.3 Å². The van der Waals surface area contributed by atoms with Gasteiger partial charge in [0.15, 0.2) is 0 Å². The molecule has 0 aliphatic heterocycles. The van der Waals surface area contributed by atoms with E-state index < -0.39 is 10.0 Å². The van der Waals surface area contributed by atoms with Crippen molar-refractivity contribution in [2.45, 2.75) is 49.0 Å². The molecule has 4 fully saturated rings. The number of hydrogen-bond donors (Lipinski definition) is 1. The van der Waals surface area contributed by atoms with Gasteiger partial charge in [0, 0.05) is 12.6 Å². The van der Waals surface area contributed by atoms with Gasteiger partial charge < -0.3 is 5.32 Å². The molecule has 1 N–H and O–H groups in total. The Balaban J connectivity index is 1.42. The van der Waals surface area contributed by atoms with Crippen molar-refractivity contribution in [1.29, 1.82) is 5.26 Å². The molecule has 6 nitrogen and oxygen atoms in total. The molecule has 0 spiro atoms. The second-order valence-corrected chi connectivity index (χ2v) is 10.7. The van der Waals surface area contributed by atoms with Gasteiger partial charge in [0.25, 0.3) is 0 Å². The van der Waals surface area contributed by atoms with E-state index in [4.69, 9.17) is 5.26 Å². The summed E-state index contributed by atoms with van der Waals surface area (Å²) in [7, 11) is -2.34. The van der Waals surface area contributed by atoms with Crippen LogP contribution in [0.25, 0.3) is 0 Å². The number of likely N-dealkylation sites (N-methyl/N-ethyl adjacent to an activating group) is 1. The Labute approximate surface area is 160 Å². The highest BCUT2D eigenvalue weighted by atomic mass is 32.2. The molecule has 4 aliphatic carbocycles. The summed E-state index contributed by atoms with van der Waals surface area (Å²) in [6, 6.07) is 7.71. The molecule has 1 aromatic rings. The summed E-state index contributed by atoms with van der Waals surface area (Å²) < 4.78 is 26.5. The number of nitriles is 1. The van der Waals surface area contributed by atoms with E-state index in [-0.39, 0.29) is 22.9 Å². The first kappa shape index (κ1) is 18.5. The molecule has 4 bridgehead atoms. The lowest BCUT2D eigenvalue weighted by Gasteiger charge is -2.57. The summed E-state index contributed by atoms with van der Waals surface area (Å²) in [5, 5.41) is 12.1. The first-order valence-electron chi connectivity index (χ1n) is 9.57. The molecular weight excluding hydrogens is 362 g/mol. The molecule has 144 valence electrons. The molecule has 0 aromatic heterocycles. The number of amides is 1. The van der Waals surface area contributed by atoms with E-state index in [1.54, 1.807) is 0 Å². The van der Waals surface area contributed by atoms with Crippen LogP contribution in [0.5, 0.6) is 0 Å². The Morgan fingerprint density at radius 3 is 2.15 bits per heavy atom. The van der Waals surface area contributed by atoms with Gasteiger partial charge in [0.2, 0.25) is 15.9 Å². The van der Waals surface area contributed by atoms with E-state index in [1.807, 2.05) is 6.07 Å². The van der Waals surface area contributed by atoms with Gasteiger partial charge in [-0.1, -0.05) is 0 Å². The Kier molecular flexibility index (Phi) is 4.52. The van der Waals surface area contributed by atoms with Gasteiger partial charge in [0.1, 0.15) is 0 Å². The molecule has 1 aromatic carbocycles. The molecule has 4 aliphatic rings. The normalized spacial score (nSPS) is 31.7. The minimum Gasteiger partial charge on any atom is -0.349 e. The number of carbonyl (C=O) groups is 1. The van der Waals surface area contributed by atoms with Crippen molar-refractivity contribution < 1.29 is 13.2 Å². The van der Waals surface area contributed by atoms with Crippen LogP contribution in [-0.4, -0.2) is 37.8 Å². The zero-order chi connectivity index (χ0) is 19.2. The maximum absolute atomic E-state index is 12.7. The lowest BCUT2D eigenvalue weighted by molar-refractivity contribution is -0.126. The van der Waals surface area contributed by atoms with Crippen LogP contribution in [-0.2, 0) is 14.8 Å². The van der Waals surface area contributed by atoms with E-state index in [9.17, 15) is 13.2 Å². The molecule has 7 heteroatoms. The number of nitrogens with one attached hydrogen (secondary N) is 1. The molecule has 27 heavy (non-hydrogen) atoms. The van der Waals surface area contributed by atoms with E-state index in [1.165, 1.54) is 50.6 Å². The average molecular weight is 388 g/mol. The number of sulfonamides is 1. The van der Waals surface area contributed by atoms with E-state index in [0.29, 0.717) is 5.56 Å². The minimum absolute atomic E-state index is 0.0894. The van der Waals surface area contributed by atoms with E-state index >= 15 is 0 Å². The molecule has 5 rings (SSSR count). The molecule has 0 unspecified atom stereocenters. The van der Waals surface area contributed by atoms with Gasteiger partial charge in [-0.15, -0.1) is 0 Å². The fourth-order valence-corrected chi connectivity index (χ4v) is 6.89. The maximum Gasteiger partial charge on any atom is 0.243 e. The summed E-state index contributed by atoms with van der Waals surface area (Å²) in [5.74, 6) is 1.93. The summed E-state index contributed by atoms with van der Waals surface area (Å²) in [6.45, 7) is -0.190. The van der Waals surface area contributed by atoms with Crippen LogP contribution < -0.4 is 5.32 Å². The molecule has 0 saturated heterocycles. The highest BCUT2D eigenvalue weighted by Crippen LogP contribution is 2.55. The van der Waals surface area contributed by atoms with Crippen molar-refractivity contribution in [1.82, 2.24) is 9.62 Å². The minimum atomic E-state index is -3.76. The van der Waals surface area contributed by atoms with E-state index in [2.05, 4.69) is 5.32 Å². The molecular formula is C20H25N3O3S. The second-order valence-electron chi connectivity index (χ2n) is 8.64. The van der Waals surface area contributed by atoms with Crippen molar-refractivity contribution in [3.63, 3.8) is 0 Å². The lowest BCUT2D eigenvalue weighted by atomic mass is 9.53. The molecule has 0 atom stereocenters. The third-order valence-electron chi connectivity index (χ3n) is 6.50. The largest absolute Gasteiger partial charge is 0.349 e. The van der Waals surface area contributed by atoms with Crippen LogP contribution in [0.4, 0.5) is 0 Å². The lowest BCUT2D eigenvalue weighted by Crippen LogP contribution is -2.61. The summed E-state index contributed by atoms with van der Waals surface area (Å²) >= 11 is 0. The Bertz CT molecular complexity index is 851. The Morgan fingerprint density at radius 1 is 1.15 bits per heavy atom. The Morgan fingerprint density at radius 2 is 1.67 bits per heavy atom. The quantitative estimate of drug-likeness (QED) is 0.839. The molecule has 0 radical (unpaired) electrons. The van der Waals surface area contributed by atoms with Crippen molar-refractivity contribution >= 4 is 15.9 Å². The number of carbonyl (C=O) groups excluding carboxylic acids is 1. The monoisotopic (exact) mass is 387 g/mol. The SMILES string of the molecule is CN(CC(=O)NC12CC3CC(CC(C3)C1)C2)S(=O)(=O)c1ccc(C#N)cc1. The summed E-state index contributed by atoms with van der Waals surface area (Å²) in [4.78, 5) is 12.7. The van der Waals surface area contributed by atoms with Gasteiger partial charge in [0.05, 0.1) is 23.1 Å². The highest BCUT2D eigenvalue weighted by molar-refractivity contribution is 7.89. The van der Waals surface area contributed by atoms with Crippen molar-refractivity contribution in [3.8, 4) is 6.07 Å². The Hall–Kier alpha value is -1.91. The molecule has 1 amide bonds. The van der Waals surface area contributed by atoms with Crippen molar-refractivity contribution in [2.75, 3.05) is 13.6 Å². The van der Waals surface area contributed by atoms with Crippen molar-refractivity contribution in [2.24, 2.45) is 17.8 Å². The molecule has 0 heterocycles. The van der Waals surface area contributed by atoms with Gasteiger partial charge in [-0.05, 0) is 80.5 Å². The summed E-state index contributed by atoms with van der Waals surface area (Å²) in [5.41, 5.74) is 0.279. The third-order valence-corrected chi connectivity index (χ3v) is 8.32. The van der Waals surface area contributed by atoms with Gasteiger partial charge in [-0.3, -0.25) is 4.79 Å². The number of benzene rings is 1. The first-order chi connectivity index (χ1) is 12.8. The van der Waals surface area contributed by atoms with Crippen LogP contribution in [0.2, 0.25) is 0 Å². The van der Waals surface area contributed by atoms with Crippen LogP contribution in [0, 0.1) is 29.1 Å². The van der Waals surface area contributed by atoms with Crippen LogP contribution >= 0.6 is 0 Å². The fraction of sp³-hybridized carbons (Fsp3) is 0.600. The smallest absolute Gasteiger partial charge is 0.243 e. The third kappa shape index (κ3) is 3.48. The second kappa shape index (κ2) is 6.61. The zero-order valence-corrected chi connectivity index (χ0v) is 16.3. The van der Waals surface area contributed by atoms with Gasteiger partial charge in [-0.25, -0.2) is 8.42 Å². The van der Waals surface area contributed by atoms with Gasteiger partial charge in [-0.2, -0.15) is 9.57 Å². The summed E-state index contributed by atoms with van der Waals surface area (Å²) in [6.07, 6.45) is 7.00. The zero-order valence-electron chi connectivity index (χ0n) is 15.5. The van der Waals surface area contributed by atoms with Crippen LogP contribution in [0.1, 0.15) is 44.1 Å². The number of nitrogens with zero attached hydrogens (tertiary/aromatic N) is 2. The fourth-order valence-electron chi connectivity index (χ4n) is 5.77. The van der Waals surface area contributed by atoms with Crippen molar-refractivity contribution in [3.05, 3.63) is 29.8 Å². The standard InChI is InChI=1S/C20H25N3O3S/c1-23(27(25,26)18-4-2-14(12-21)3-5-18)13-19(24)22-20-9-15-6-16(10-20)8-17(7-15)11-20/h2-5,15-17H,6-11,13H2,1H3,(H,22,24). The predicted octanol–water partition coefficient (Wildman–Crippen LogP) is 2.26. The highest BCUT2D eigenvalue weighted by Gasteiger charge is 2.51. The molecule has 4 saturated carbocycles. The van der Waals surface area contributed by atoms with Crippen LogP contribution in [0.15, 0.2) is 29.2 Å². The topological polar surface area (TPSA) is 90.3 Å².